The van der Waals surface area contributed by atoms with Crippen LogP contribution in [0.3, 0.4) is 0 Å². The van der Waals surface area contributed by atoms with E-state index in [1.165, 1.54) is 0 Å². The lowest BCUT2D eigenvalue weighted by atomic mass is 10.0. The summed E-state index contributed by atoms with van der Waals surface area (Å²) >= 11 is 4.10. The van der Waals surface area contributed by atoms with Crippen LogP contribution in [0.2, 0.25) is 0 Å². The molecular weight excluding hydrogens is 308 g/mol. The van der Waals surface area contributed by atoms with Crippen LogP contribution < -0.4 is 4.74 Å². The van der Waals surface area contributed by atoms with Crippen LogP contribution in [-0.2, 0) is 0 Å². The Bertz CT molecular complexity index is 833. The van der Waals surface area contributed by atoms with Gasteiger partial charge in [0.25, 0.3) is 0 Å². The molecule has 0 aliphatic heterocycles. The van der Waals surface area contributed by atoms with Crippen molar-refractivity contribution in [3.63, 3.8) is 0 Å². The zero-order valence-corrected chi connectivity index (χ0v) is 13.3. The van der Waals surface area contributed by atoms with E-state index in [1.807, 2.05) is 54.6 Å². The number of benzene rings is 2. The number of ether oxygens (including phenoxy) is 1. The van der Waals surface area contributed by atoms with Crippen molar-refractivity contribution in [2.45, 2.75) is 5.25 Å². The van der Waals surface area contributed by atoms with Gasteiger partial charge < -0.3 is 9.15 Å². The summed E-state index contributed by atoms with van der Waals surface area (Å²) in [4.78, 5) is 4.08. The normalized spacial score (nSPS) is 11.7. The summed E-state index contributed by atoms with van der Waals surface area (Å²) in [7, 11) is 1.65. The first-order valence-electron chi connectivity index (χ1n) is 6.99. The summed E-state index contributed by atoms with van der Waals surface area (Å²) in [5.41, 5.74) is 3.11. The molecule has 0 fully saturated rings. The fraction of sp³-hybridized carbons (Fsp3) is 0.111. The van der Waals surface area contributed by atoms with E-state index in [0.29, 0.717) is 11.7 Å². The van der Waals surface area contributed by atoms with Gasteiger partial charge in [0, 0.05) is 5.56 Å². The molecule has 0 saturated carbocycles. The SMILES string of the molecule is COc1ccc(-c2ccc(-c3cnc(C(S)C#N)o3)cc2)cc1. The van der Waals surface area contributed by atoms with Gasteiger partial charge in [0.2, 0.25) is 5.89 Å². The summed E-state index contributed by atoms with van der Waals surface area (Å²) in [5, 5.41) is 8.18. The van der Waals surface area contributed by atoms with Gasteiger partial charge in [-0.05, 0) is 23.3 Å². The van der Waals surface area contributed by atoms with Crippen molar-refractivity contribution in [1.82, 2.24) is 4.98 Å². The number of rotatable bonds is 4. The van der Waals surface area contributed by atoms with Gasteiger partial charge in [0.1, 0.15) is 5.75 Å². The Morgan fingerprint density at radius 2 is 1.61 bits per heavy atom. The van der Waals surface area contributed by atoms with Gasteiger partial charge in [-0.15, -0.1) is 0 Å². The third kappa shape index (κ3) is 3.22. The minimum absolute atomic E-state index is 0.310. The molecule has 1 atom stereocenters. The Morgan fingerprint density at radius 1 is 1.04 bits per heavy atom. The second-order valence-corrected chi connectivity index (χ2v) is 5.42. The van der Waals surface area contributed by atoms with Crippen LogP contribution in [0, 0.1) is 11.3 Å². The van der Waals surface area contributed by atoms with Crippen LogP contribution in [0.4, 0.5) is 0 Å². The smallest absolute Gasteiger partial charge is 0.222 e. The summed E-state index contributed by atoms with van der Waals surface area (Å²) in [5.74, 6) is 1.76. The van der Waals surface area contributed by atoms with Crippen LogP contribution in [-0.4, -0.2) is 12.1 Å². The predicted molar refractivity (Wildman–Crippen MR) is 91.3 cm³/mol. The number of aromatic nitrogens is 1. The third-order valence-corrected chi connectivity index (χ3v) is 3.81. The van der Waals surface area contributed by atoms with Crippen molar-refractivity contribution in [3.05, 3.63) is 60.6 Å². The van der Waals surface area contributed by atoms with Gasteiger partial charge >= 0.3 is 0 Å². The number of nitriles is 1. The molecule has 0 aliphatic rings. The molecule has 23 heavy (non-hydrogen) atoms. The van der Waals surface area contributed by atoms with E-state index >= 15 is 0 Å². The highest BCUT2D eigenvalue weighted by atomic mass is 32.1. The molecule has 1 unspecified atom stereocenters. The van der Waals surface area contributed by atoms with E-state index in [4.69, 9.17) is 14.4 Å². The maximum absolute atomic E-state index is 8.83. The van der Waals surface area contributed by atoms with E-state index in [-0.39, 0.29) is 0 Å². The molecule has 1 heterocycles. The average Bonchev–Trinajstić information content (AvgIpc) is 3.11. The van der Waals surface area contributed by atoms with Crippen LogP contribution in [0.1, 0.15) is 11.1 Å². The highest BCUT2D eigenvalue weighted by Gasteiger charge is 2.13. The molecule has 2 aromatic carbocycles. The first-order chi connectivity index (χ1) is 11.2. The molecule has 0 radical (unpaired) electrons. The molecule has 5 heteroatoms. The largest absolute Gasteiger partial charge is 0.497 e. The molecule has 3 rings (SSSR count). The molecular formula is C18H14N2O2S. The lowest BCUT2D eigenvalue weighted by molar-refractivity contribution is 0.415. The lowest BCUT2D eigenvalue weighted by Gasteiger charge is -2.04. The van der Waals surface area contributed by atoms with Crippen molar-refractivity contribution in [1.29, 1.82) is 5.26 Å². The zero-order chi connectivity index (χ0) is 16.2. The summed E-state index contributed by atoms with van der Waals surface area (Å²) < 4.78 is 10.7. The molecule has 0 amide bonds. The highest BCUT2D eigenvalue weighted by Crippen LogP contribution is 2.28. The monoisotopic (exact) mass is 322 g/mol. The fourth-order valence-electron chi connectivity index (χ4n) is 2.21. The van der Waals surface area contributed by atoms with Gasteiger partial charge in [0.05, 0.1) is 19.4 Å². The number of nitrogens with zero attached hydrogens (tertiary/aromatic N) is 2. The predicted octanol–water partition coefficient (Wildman–Crippen LogP) is 4.51. The topological polar surface area (TPSA) is 59.0 Å². The number of hydrogen-bond donors (Lipinski definition) is 1. The Kier molecular flexibility index (Phi) is 4.35. The van der Waals surface area contributed by atoms with E-state index in [0.717, 1.165) is 22.4 Å². The Balaban J connectivity index is 1.84. The Labute approximate surface area is 139 Å². The summed E-state index contributed by atoms with van der Waals surface area (Å²) in [6.45, 7) is 0. The quantitative estimate of drug-likeness (QED) is 0.718. The summed E-state index contributed by atoms with van der Waals surface area (Å²) in [6, 6.07) is 17.8. The number of oxazole rings is 1. The molecule has 0 saturated heterocycles. The molecule has 0 spiro atoms. The first-order valence-corrected chi connectivity index (χ1v) is 7.51. The third-order valence-electron chi connectivity index (χ3n) is 3.47. The van der Waals surface area contributed by atoms with Gasteiger partial charge in [-0.25, -0.2) is 4.98 Å². The van der Waals surface area contributed by atoms with Crippen molar-refractivity contribution in [2.75, 3.05) is 7.11 Å². The Hall–Kier alpha value is -2.71. The van der Waals surface area contributed by atoms with Gasteiger partial charge in [-0.2, -0.15) is 17.9 Å². The molecule has 1 aromatic heterocycles. The maximum Gasteiger partial charge on any atom is 0.222 e. The van der Waals surface area contributed by atoms with E-state index < -0.39 is 5.25 Å². The lowest BCUT2D eigenvalue weighted by Crippen LogP contribution is -1.84. The number of thiol groups is 1. The zero-order valence-electron chi connectivity index (χ0n) is 12.4. The molecule has 0 aliphatic carbocycles. The number of methoxy groups -OCH3 is 1. The van der Waals surface area contributed by atoms with E-state index in [1.54, 1.807) is 13.3 Å². The standard InChI is InChI=1S/C18H14N2O2S/c1-21-15-8-6-13(7-9-15)12-2-4-14(5-3-12)16-11-20-18(22-16)17(23)10-19/h2-9,11,17,23H,1H3. The van der Waals surface area contributed by atoms with E-state index in [9.17, 15) is 0 Å². The Morgan fingerprint density at radius 3 is 2.17 bits per heavy atom. The minimum atomic E-state index is -0.651. The second kappa shape index (κ2) is 6.59. The first kappa shape index (κ1) is 15.2. The second-order valence-electron chi connectivity index (χ2n) is 4.90. The molecule has 4 nitrogen and oxygen atoms in total. The van der Waals surface area contributed by atoms with Crippen molar-refractivity contribution in [2.24, 2.45) is 0 Å². The van der Waals surface area contributed by atoms with Crippen molar-refractivity contribution in [3.8, 4) is 34.3 Å². The fourth-order valence-corrected chi connectivity index (χ4v) is 2.33. The van der Waals surface area contributed by atoms with Crippen LogP contribution in [0.5, 0.6) is 5.75 Å². The maximum atomic E-state index is 8.83. The molecule has 0 N–H and O–H groups in total. The molecule has 0 bridgehead atoms. The van der Waals surface area contributed by atoms with Gasteiger partial charge in [-0.1, -0.05) is 36.4 Å². The van der Waals surface area contributed by atoms with Crippen LogP contribution >= 0.6 is 12.6 Å². The van der Waals surface area contributed by atoms with Crippen molar-refractivity contribution >= 4 is 12.6 Å². The number of hydrogen-bond acceptors (Lipinski definition) is 5. The van der Waals surface area contributed by atoms with Crippen molar-refractivity contribution < 1.29 is 9.15 Å². The van der Waals surface area contributed by atoms with E-state index in [2.05, 4.69) is 17.6 Å². The highest BCUT2D eigenvalue weighted by molar-refractivity contribution is 7.80. The van der Waals surface area contributed by atoms with Gasteiger partial charge in [-0.3, -0.25) is 0 Å². The molecule has 3 aromatic rings. The van der Waals surface area contributed by atoms with Crippen LogP contribution in [0.15, 0.2) is 59.1 Å². The average molecular weight is 322 g/mol. The summed E-state index contributed by atoms with van der Waals surface area (Å²) in [6.07, 6.45) is 1.61. The van der Waals surface area contributed by atoms with Crippen LogP contribution in [0.25, 0.3) is 22.5 Å². The minimum Gasteiger partial charge on any atom is -0.497 e. The van der Waals surface area contributed by atoms with Gasteiger partial charge in [0.15, 0.2) is 11.0 Å². The molecule has 114 valence electrons.